The van der Waals surface area contributed by atoms with Gasteiger partial charge in [-0.3, -0.25) is 9.59 Å². The van der Waals surface area contributed by atoms with Crippen molar-refractivity contribution in [1.29, 1.82) is 0 Å². The summed E-state index contributed by atoms with van der Waals surface area (Å²) in [4.78, 5) is 36.7. The van der Waals surface area contributed by atoms with Gasteiger partial charge in [0.2, 0.25) is 0 Å². The third-order valence-electron chi connectivity index (χ3n) is 2.66. The van der Waals surface area contributed by atoms with Crippen LogP contribution in [0.25, 0.3) is 0 Å². The molecular formula is C13H11NO5. The monoisotopic (exact) mass is 261 g/mol. The topological polar surface area (TPSA) is 72.9 Å². The molecule has 6 heteroatoms. The molecule has 2 amide bonds. The summed E-state index contributed by atoms with van der Waals surface area (Å²) >= 11 is 0. The maximum atomic E-state index is 12.1. The quantitative estimate of drug-likeness (QED) is 0.350. The van der Waals surface area contributed by atoms with E-state index in [0.717, 1.165) is 18.3 Å². The minimum atomic E-state index is -0.823. The Hall–Kier alpha value is -2.63. The summed E-state index contributed by atoms with van der Waals surface area (Å²) in [6.45, 7) is 0. The van der Waals surface area contributed by atoms with Gasteiger partial charge < -0.3 is 9.47 Å². The van der Waals surface area contributed by atoms with Gasteiger partial charge in [-0.1, -0.05) is 12.1 Å². The van der Waals surface area contributed by atoms with Crippen LogP contribution in [0.2, 0.25) is 0 Å². The first-order valence-electron chi connectivity index (χ1n) is 5.41. The van der Waals surface area contributed by atoms with Crippen molar-refractivity contribution in [2.24, 2.45) is 0 Å². The molecule has 1 aromatic carbocycles. The minimum absolute atomic E-state index is 0.249. The highest BCUT2D eigenvalue weighted by Gasteiger charge is 2.40. The number of hydrogen-bond donors (Lipinski definition) is 0. The number of methoxy groups -OCH3 is 2. The molecular weight excluding hydrogens is 250 g/mol. The molecule has 0 aliphatic carbocycles. The largest absolute Gasteiger partial charge is 0.502 e. The van der Waals surface area contributed by atoms with Crippen LogP contribution in [-0.4, -0.2) is 36.9 Å². The average Bonchev–Trinajstić information content (AvgIpc) is 2.68. The van der Waals surface area contributed by atoms with Crippen molar-refractivity contribution in [2.75, 3.05) is 14.2 Å². The van der Waals surface area contributed by atoms with Crippen LogP contribution in [-0.2, 0) is 14.3 Å². The number of benzene rings is 1. The molecule has 1 aliphatic rings. The maximum absolute atomic E-state index is 12.1. The number of hydrogen-bond acceptors (Lipinski definition) is 5. The first-order chi connectivity index (χ1) is 9.11. The molecule has 0 unspecified atom stereocenters. The van der Waals surface area contributed by atoms with Crippen LogP contribution >= 0.6 is 0 Å². The fraction of sp³-hybridized carbons (Fsp3) is 0.154. The smallest absolute Gasteiger partial charge is 0.358 e. The van der Waals surface area contributed by atoms with Crippen molar-refractivity contribution in [3.63, 3.8) is 0 Å². The van der Waals surface area contributed by atoms with Crippen molar-refractivity contribution in [3.05, 3.63) is 47.4 Å². The third kappa shape index (κ3) is 1.97. The molecule has 0 spiro atoms. The summed E-state index contributed by atoms with van der Waals surface area (Å²) in [6, 6.07) is 6.34. The summed E-state index contributed by atoms with van der Waals surface area (Å²) in [5.41, 5.74) is 0.244. The van der Waals surface area contributed by atoms with E-state index in [1.54, 1.807) is 12.1 Å². The van der Waals surface area contributed by atoms with E-state index in [2.05, 4.69) is 4.74 Å². The number of esters is 1. The maximum Gasteiger partial charge on any atom is 0.358 e. The number of rotatable bonds is 3. The van der Waals surface area contributed by atoms with Crippen LogP contribution in [0.5, 0.6) is 0 Å². The second kappa shape index (κ2) is 4.93. The highest BCUT2D eigenvalue weighted by Crippen LogP contribution is 2.26. The Kier molecular flexibility index (Phi) is 3.33. The van der Waals surface area contributed by atoms with Gasteiger partial charge in [-0.15, -0.1) is 0 Å². The molecule has 0 saturated carbocycles. The number of imide groups is 1. The summed E-state index contributed by atoms with van der Waals surface area (Å²) in [5, 5.41) is 0. The van der Waals surface area contributed by atoms with Crippen molar-refractivity contribution < 1.29 is 23.9 Å². The number of nitrogens with zero attached hydrogens (tertiary/aromatic N) is 1. The standard InChI is InChI=1S/C13H11NO5/c1-18-7-10(13(17)19-2)14-11(15)8-5-3-4-6-9(8)12(14)16/h3-7H,1-2H3/b10-7+. The van der Waals surface area contributed by atoms with Crippen molar-refractivity contribution in [2.45, 2.75) is 0 Å². The fourth-order valence-corrected chi connectivity index (χ4v) is 1.82. The Labute approximate surface area is 109 Å². The molecule has 1 aliphatic heterocycles. The number of carbonyl (C=O) groups excluding carboxylic acids is 3. The molecule has 0 fully saturated rings. The fourth-order valence-electron chi connectivity index (χ4n) is 1.82. The molecule has 0 atom stereocenters. The highest BCUT2D eigenvalue weighted by atomic mass is 16.5. The predicted octanol–water partition coefficient (Wildman–Crippen LogP) is 0.943. The summed E-state index contributed by atoms with van der Waals surface area (Å²) in [7, 11) is 2.46. The zero-order valence-electron chi connectivity index (χ0n) is 10.4. The minimum Gasteiger partial charge on any atom is -0.502 e. The summed E-state index contributed by atoms with van der Waals surface area (Å²) in [5.74, 6) is -1.97. The summed E-state index contributed by atoms with van der Waals surface area (Å²) in [6.07, 6.45) is 1.01. The van der Waals surface area contributed by atoms with Crippen molar-refractivity contribution >= 4 is 17.8 Å². The first-order valence-corrected chi connectivity index (χ1v) is 5.41. The Bertz CT molecular complexity index is 555. The molecule has 0 N–H and O–H groups in total. The van der Waals surface area contributed by atoms with Gasteiger partial charge in [0, 0.05) is 0 Å². The first kappa shape index (κ1) is 12.8. The van der Waals surface area contributed by atoms with E-state index in [1.165, 1.54) is 19.2 Å². The van der Waals surface area contributed by atoms with Crippen LogP contribution < -0.4 is 0 Å². The van der Waals surface area contributed by atoms with Crippen LogP contribution in [0.4, 0.5) is 0 Å². The van der Waals surface area contributed by atoms with Crippen LogP contribution in [0.3, 0.4) is 0 Å². The number of amides is 2. The molecule has 98 valence electrons. The summed E-state index contributed by atoms with van der Waals surface area (Å²) < 4.78 is 9.27. The lowest BCUT2D eigenvalue weighted by atomic mass is 10.1. The molecule has 2 rings (SSSR count). The molecule has 1 aromatic rings. The molecule has 19 heavy (non-hydrogen) atoms. The van der Waals surface area contributed by atoms with E-state index in [0.29, 0.717) is 0 Å². The zero-order valence-corrected chi connectivity index (χ0v) is 10.4. The molecule has 0 radical (unpaired) electrons. The molecule has 1 heterocycles. The van der Waals surface area contributed by atoms with Gasteiger partial charge in [-0.05, 0) is 12.1 Å². The van der Waals surface area contributed by atoms with E-state index < -0.39 is 17.8 Å². The number of carbonyl (C=O) groups is 3. The Morgan fingerprint density at radius 2 is 1.63 bits per heavy atom. The van der Waals surface area contributed by atoms with Gasteiger partial charge in [0.1, 0.15) is 6.26 Å². The van der Waals surface area contributed by atoms with Gasteiger partial charge in [-0.2, -0.15) is 0 Å². The van der Waals surface area contributed by atoms with Crippen LogP contribution in [0.1, 0.15) is 20.7 Å². The molecule has 0 saturated heterocycles. The molecule has 0 bridgehead atoms. The Morgan fingerprint density at radius 1 is 1.11 bits per heavy atom. The average molecular weight is 261 g/mol. The van der Waals surface area contributed by atoms with Gasteiger partial charge in [0.05, 0.1) is 25.3 Å². The Morgan fingerprint density at radius 3 is 2.05 bits per heavy atom. The number of ether oxygens (including phenoxy) is 2. The molecule has 0 aromatic heterocycles. The number of fused-ring (bicyclic) bond motifs is 1. The lowest BCUT2D eigenvalue weighted by Crippen LogP contribution is -2.33. The van der Waals surface area contributed by atoms with Crippen LogP contribution in [0.15, 0.2) is 36.2 Å². The SMILES string of the molecule is CO/C=C(\C(=O)OC)N1C(=O)c2ccccc2C1=O. The highest BCUT2D eigenvalue weighted by molar-refractivity contribution is 6.24. The molecule has 6 nitrogen and oxygen atoms in total. The van der Waals surface area contributed by atoms with Crippen LogP contribution in [0, 0.1) is 0 Å². The van der Waals surface area contributed by atoms with Gasteiger partial charge in [0.25, 0.3) is 11.8 Å². The third-order valence-corrected chi connectivity index (χ3v) is 2.66. The van der Waals surface area contributed by atoms with E-state index in [4.69, 9.17) is 4.74 Å². The predicted molar refractivity (Wildman–Crippen MR) is 64.1 cm³/mol. The lowest BCUT2D eigenvalue weighted by Gasteiger charge is -2.15. The van der Waals surface area contributed by atoms with Gasteiger partial charge in [-0.25, -0.2) is 9.69 Å². The Balaban J connectivity index is 2.48. The normalized spacial score (nSPS) is 14.4. The van der Waals surface area contributed by atoms with Crippen molar-refractivity contribution in [3.8, 4) is 0 Å². The van der Waals surface area contributed by atoms with Crippen molar-refractivity contribution in [1.82, 2.24) is 4.90 Å². The van der Waals surface area contributed by atoms with Gasteiger partial charge in [0.15, 0.2) is 5.70 Å². The zero-order chi connectivity index (χ0) is 14.0. The van der Waals surface area contributed by atoms with E-state index >= 15 is 0 Å². The van der Waals surface area contributed by atoms with Gasteiger partial charge >= 0.3 is 5.97 Å². The second-order valence-corrected chi connectivity index (χ2v) is 3.72. The van der Waals surface area contributed by atoms with E-state index in [9.17, 15) is 14.4 Å². The van der Waals surface area contributed by atoms with E-state index in [1.807, 2.05) is 0 Å². The second-order valence-electron chi connectivity index (χ2n) is 3.72. The lowest BCUT2D eigenvalue weighted by molar-refractivity contribution is -0.137. The van der Waals surface area contributed by atoms with E-state index in [-0.39, 0.29) is 16.8 Å².